The summed E-state index contributed by atoms with van der Waals surface area (Å²) >= 11 is 1.84. The van der Waals surface area contributed by atoms with E-state index < -0.39 is 0 Å². The van der Waals surface area contributed by atoms with Gasteiger partial charge in [-0.05, 0) is 29.8 Å². The van der Waals surface area contributed by atoms with Gasteiger partial charge in [0.2, 0.25) is 0 Å². The zero-order valence-corrected chi connectivity index (χ0v) is 13.2. The van der Waals surface area contributed by atoms with Crippen molar-refractivity contribution in [2.45, 2.75) is 6.42 Å². The Morgan fingerprint density at radius 1 is 1.04 bits per heavy atom. The first kappa shape index (κ1) is 12.9. The lowest BCUT2D eigenvalue weighted by Gasteiger charge is -2.06. The minimum absolute atomic E-state index is 0.732. The molecule has 2 aromatic carbocycles. The molecule has 0 spiro atoms. The molecule has 1 aliphatic heterocycles. The van der Waals surface area contributed by atoms with E-state index in [4.69, 9.17) is 4.74 Å². The van der Waals surface area contributed by atoms with Crippen molar-refractivity contribution in [2.24, 2.45) is 0 Å². The summed E-state index contributed by atoms with van der Waals surface area (Å²) < 4.78 is 5.88. The monoisotopic (exact) mass is 318 g/mol. The van der Waals surface area contributed by atoms with Crippen LogP contribution in [0.15, 0.2) is 54.7 Å². The summed E-state index contributed by atoms with van der Waals surface area (Å²) in [7, 11) is 0. The number of rotatable bonds is 1. The Morgan fingerprint density at radius 2 is 1.96 bits per heavy atom. The number of aromatic amines is 1. The van der Waals surface area contributed by atoms with Crippen molar-refractivity contribution >= 4 is 22.2 Å². The normalized spacial score (nSPS) is 13.2. The van der Waals surface area contributed by atoms with Crippen molar-refractivity contribution in [3.05, 3.63) is 60.3 Å². The fourth-order valence-electron chi connectivity index (χ4n) is 3.21. The van der Waals surface area contributed by atoms with Crippen LogP contribution < -0.4 is 4.74 Å². The van der Waals surface area contributed by atoms with Crippen molar-refractivity contribution in [1.29, 1.82) is 0 Å². The van der Waals surface area contributed by atoms with E-state index in [1.165, 1.54) is 31.8 Å². The number of benzene rings is 2. The van der Waals surface area contributed by atoms with Crippen LogP contribution in [0.4, 0.5) is 0 Å². The molecule has 4 heteroatoms. The molecule has 0 saturated carbocycles. The molecule has 0 bridgehead atoms. The van der Waals surface area contributed by atoms with Gasteiger partial charge in [0.15, 0.2) is 0 Å². The van der Waals surface area contributed by atoms with Gasteiger partial charge in [-0.1, -0.05) is 24.3 Å². The van der Waals surface area contributed by atoms with Crippen LogP contribution in [0.2, 0.25) is 0 Å². The summed E-state index contributed by atoms with van der Waals surface area (Å²) in [6.45, 7) is 0.732. The SMILES string of the molecule is c1ccc2c(c1)OCCc1cc(-c3cccc4[nH]ncc34)sc1-2. The number of thiophene rings is 1. The van der Waals surface area contributed by atoms with Gasteiger partial charge in [0, 0.05) is 32.7 Å². The first-order valence-electron chi connectivity index (χ1n) is 7.67. The second-order valence-electron chi connectivity index (χ2n) is 5.70. The number of aromatic nitrogens is 2. The van der Waals surface area contributed by atoms with Gasteiger partial charge < -0.3 is 4.74 Å². The Balaban J connectivity index is 1.73. The number of nitrogens with zero attached hydrogens (tertiary/aromatic N) is 1. The van der Waals surface area contributed by atoms with E-state index in [1.807, 2.05) is 23.6 Å². The highest BCUT2D eigenvalue weighted by Crippen LogP contribution is 2.44. The maximum atomic E-state index is 5.88. The van der Waals surface area contributed by atoms with Crippen molar-refractivity contribution in [1.82, 2.24) is 10.2 Å². The minimum atomic E-state index is 0.732. The number of H-pyrrole nitrogens is 1. The Hall–Kier alpha value is -2.59. The summed E-state index contributed by atoms with van der Waals surface area (Å²) in [6.07, 6.45) is 2.86. The second-order valence-corrected chi connectivity index (χ2v) is 6.75. The van der Waals surface area contributed by atoms with Crippen LogP contribution in [0.1, 0.15) is 5.56 Å². The van der Waals surface area contributed by atoms with Crippen molar-refractivity contribution in [2.75, 3.05) is 6.61 Å². The molecule has 0 saturated heterocycles. The molecule has 3 nitrogen and oxygen atoms in total. The third-order valence-electron chi connectivity index (χ3n) is 4.32. The van der Waals surface area contributed by atoms with Crippen molar-refractivity contribution < 1.29 is 4.74 Å². The molecule has 0 aliphatic carbocycles. The fraction of sp³-hybridized carbons (Fsp3) is 0.105. The molecule has 112 valence electrons. The lowest BCUT2D eigenvalue weighted by Crippen LogP contribution is -1.97. The van der Waals surface area contributed by atoms with E-state index in [9.17, 15) is 0 Å². The van der Waals surface area contributed by atoms with Gasteiger partial charge in [-0.3, -0.25) is 5.10 Å². The molecule has 5 rings (SSSR count). The number of hydrogen-bond donors (Lipinski definition) is 1. The molecule has 4 aromatic rings. The Bertz CT molecular complexity index is 1020. The molecule has 0 fully saturated rings. The Morgan fingerprint density at radius 3 is 2.96 bits per heavy atom. The summed E-state index contributed by atoms with van der Waals surface area (Å²) in [4.78, 5) is 2.62. The van der Waals surface area contributed by atoms with E-state index in [0.717, 1.165) is 24.3 Å². The Kier molecular flexibility index (Phi) is 2.78. The zero-order chi connectivity index (χ0) is 15.2. The average molecular weight is 318 g/mol. The smallest absolute Gasteiger partial charge is 0.127 e. The lowest BCUT2D eigenvalue weighted by molar-refractivity contribution is 0.326. The molecular formula is C19H14N2OS. The van der Waals surface area contributed by atoms with Gasteiger partial charge in [0.05, 0.1) is 18.3 Å². The van der Waals surface area contributed by atoms with Gasteiger partial charge in [-0.15, -0.1) is 11.3 Å². The third-order valence-corrected chi connectivity index (χ3v) is 5.56. The largest absolute Gasteiger partial charge is 0.493 e. The first-order valence-corrected chi connectivity index (χ1v) is 8.49. The fourth-order valence-corrected chi connectivity index (χ4v) is 4.49. The summed E-state index contributed by atoms with van der Waals surface area (Å²) in [6, 6.07) is 16.9. The molecule has 3 heterocycles. The predicted molar refractivity (Wildman–Crippen MR) is 94.0 cm³/mol. The van der Waals surface area contributed by atoms with Crippen molar-refractivity contribution in [3.8, 4) is 26.6 Å². The number of ether oxygens (including phenoxy) is 1. The van der Waals surface area contributed by atoms with Crippen LogP contribution in [-0.4, -0.2) is 16.8 Å². The molecule has 0 unspecified atom stereocenters. The van der Waals surface area contributed by atoms with E-state index in [2.05, 4.69) is 52.7 Å². The van der Waals surface area contributed by atoms with Gasteiger partial charge in [0.25, 0.3) is 0 Å². The van der Waals surface area contributed by atoms with Crippen LogP contribution in [0, 0.1) is 0 Å². The molecule has 2 aromatic heterocycles. The quantitative estimate of drug-likeness (QED) is 0.542. The summed E-state index contributed by atoms with van der Waals surface area (Å²) in [5.74, 6) is 0.987. The third kappa shape index (κ3) is 1.99. The number of hydrogen-bond acceptors (Lipinski definition) is 3. The van der Waals surface area contributed by atoms with Gasteiger partial charge in [-0.25, -0.2) is 0 Å². The van der Waals surface area contributed by atoms with Crippen LogP contribution in [0.3, 0.4) is 0 Å². The molecular weight excluding hydrogens is 304 g/mol. The standard InChI is InChI=1S/C19H14N2OS/c1-2-7-17-14(4-1)19-12(8-9-22-17)10-18(23-19)13-5-3-6-16-15(13)11-20-21-16/h1-7,10-11H,8-9H2,(H,20,21). The second kappa shape index (κ2) is 4.96. The minimum Gasteiger partial charge on any atom is -0.493 e. The molecule has 23 heavy (non-hydrogen) atoms. The maximum absolute atomic E-state index is 5.88. The van der Waals surface area contributed by atoms with Gasteiger partial charge in [-0.2, -0.15) is 5.10 Å². The highest BCUT2D eigenvalue weighted by atomic mass is 32.1. The zero-order valence-electron chi connectivity index (χ0n) is 12.4. The van der Waals surface area contributed by atoms with Crippen LogP contribution in [0.5, 0.6) is 5.75 Å². The maximum Gasteiger partial charge on any atom is 0.127 e. The first-order chi connectivity index (χ1) is 11.4. The number of fused-ring (bicyclic) bond motifs is 4. The average Bonchev–Trinajstić information content (AvgIpc) is 3.19. The highest BCUT2D eigenvalue weighted by molar-refractivity contribution is 7.19. The van der Waals surface area contributed by atoms with Gasteiger partial charge in [0.1, 0.15) is 5.75 Å². The predicted octanol–water partition coefficient (Wildman–Crippen LogP) is 4.89. The van der Waals surface area contributed by atoms with Crippen molar-refractivity contribution in [3.63, 3.8) is 0 Å². The number of para-hydroxylation sites is 1. The summed E-state index contributed by atoms with van der Waals surface area (Å²) in [5, 5.41) is 8.41. The van der Waals surface area contributed by atoms with Crippen LogP contribution in [0.25, 0.3) is 31.8 Å². The topological polar surface area (TPSA) is 37.9 Å². The van der Waals surface area contributed by atoms with E-state index in [1.54, 1.807) is 0 Å². The van der Waals surface area contributed by atoms with E-state index in [-0.39, 0.29) is 0 Å². The highest BCUT2D eigenvalue weighted by Gasteiger charge is 2.19. The van der Waals surface area contributed by atoms with E-state index >= 15 is 0 Å². The Labute approximate surface area is 137 Å². The van der Waals surface area contributed by atoms with Crippen LogP contribution in [-0.2, 0) is 6.42 Å². The molecule has 1 N–H and O–H groups in total. The number of nitrogens with one attached hydrogen (secondary N) is 1. The van der Waals surface area contributed by atoms with Crippen LogP contribution >= 0.6 is 11.3 Å². The van der Waals surface area contributed by atoms with Gasteiger partial charge >= 0.3 is 0 Å². The summed E-state index contributed by atoms with van der Waals surface area (Å²) in [5.41, 5.74) is 4.90. The van der Waals surface area contributed by atoms with E-state index in [0.29, 0.717) is 0 Å². The molecule has 0 radical (unpaired) electrons. The molecule has 0 atom stereocenters. The molecule has 1 aliphatic rings. The lowest BCUT2D eigenvalue weighted by atomic mass is 10.1. The molecule has 0 amide bonds.